The number of amidine groups is 1. The van der Waals surface area contributed by atoms with Crippen LogP contribution in [0.4, 0.5) is 0 Å². The summed E-state index contributed by atoms with van der Waals surface area (Å²) in [7, 11) is 2.65. The van der Waals surface area contributed by atoms with Gasteiger partial charge < -0.3 is 9.68 Å². The molecule has 0 spiro atoms. The highest BCUT2D eigenvalue weighted by Gasteiger charge is 2.32. The minimum Gasteiger partial charge on any atom is -0.332 e. The molecule has 0 saturated carbocycles. The molecule has 26 heavy (non-hydrogen) atoms. The number of hydrogen-bond acceptors (Lipinski definition) is 10. The van der Waals surface area contributed by atoms with E-state index in [9.17, 15) is 24.0 Å². The van der Waals surface area contributed by atoms with Gasteiger partial charge in [-0.25, -0.2) is 9.59 Å². The number of carbonyl (C=O) groups is 5. The van der Waals surface area contributed by atoms with Crippen molar-refractivity contribution in [3.05, 3.63) is 0 Å². The van der Waals surface area contributed by atoms with Crippen molar-refractivity contribution in [3.8, 4) is 0 Å². The highest BCUT2D eigenvalue weighted by molar-refractivity contribution is 8.76. The average molecular weight is 403 g/mol. The van der Waals surface area contributed by atoms with Crippen LogP contribution < -0.4 is 0 Å². The lowest BCUT2D eigenvalue weighted by Crippen LogP contribution is -2.32. The Labute approximate surface area is 156 Å². The largest absolute Gasteiger partial charge is 0.334 e. The van der Waals surface area contributed by atoms with Crippen LogP contribution in [0.15, 0.2) is 0 Å². The van der Waals surface area contributed by atoms with E-state index in [1.807, 2.05) is 0 Å². The molecule has 2 saturated heterocycles. The summed E-state index contributed by atoms with van der Waals surface area (Å²) >= 11 is 0. The first-order valence-electron chi connectivity index (χ1n) is 7.80. The SMILES string of the molecule is N=C1CCC(=O)N1OC(=O)CCSSCCC(=O)ON1C(=O)CCC1=O. The summed E-state index contributed by atoms with van der Waals surface area (Å²) in [6.07, 6.45) is 0.599. The van der Waals surface area contributed by atoms with E-state index in [2.05, 4.69) is 0 Å². The molecule has 2 aliphatic heterocycles. The molecule has 2 rings (SSSR count). The maximum Gasteiger partial charge on any atom is 0.334 e. The van der Waals surface area contributed by atoms with Gasteiger partial charge in [0.15, 0.2) is 0 Å². The third-order valence-electron chi connectivity index (χ3n) is 3.30. The Kier molecular flexibility index (Phi) is 7.45. The number of nitrogens with zero attached hydrogens (tertiary/aromatic N) is 2. The summed E-state index contributed by atoms with van der Waals surface area (Å²) in [5.41, 5.74) is 0. The second kappa shape index (κ2) is 9.57. The topological polar surface area (TPSA) is 134 Å². The minimum absolute atomic E-state index is 0.0125. The van der Waals surface area contributed by atoms with Crippen LogP contribution in [-0.2, 0) is 33.6 Å². The van der Waals surface area contributed by atoms with Crippen LogP contribution in [0.25, 0.3) is 0 Å². The maximum atomic E-state index is 11.6. The van der Waals surface area contributed by atoms with Crippen LogP contribution in [0.2, 0.25) is 0 Å². The fourth-order valence-electron chi connectivity index (χ4n) is 2.01. The van der Waals surface area contributed by atoms with Crippen LogP contribution in [0.3, 0.4) is 0 Å². The number of nitrogens with one attached hydrogen (secondary N) is 1. The fourth-order valence-corrected chi connectivity index (χ4v) is 3.95. The van der Waals surface area contributed by atoms with Crippen molar-refractivity contribution < 1.29 is 33.6 Å². The Hall–Kier alpha value is -2.08. The van der Waals surface area contributed by atoms with Gasteiger partial charge in [0.2, 0.25) is 0 Å². The second-order valence-electron chi connectivity index (χ2n) is 5.29. The highest BCUT2D eigenvalue weighted by atomic mass is 33.1. The monoisotopic (exact) mass is 403 g/mol. The summed E-state index contributed by atoms with van der Waals surface area (Å²) in [5, 5.41) is 8.70. The van der Waals surface area contributed by atoms with Gasteiger partial charge in [0.25, 0.3) is 17.7 Å². The van der Waals surface area contributed by atoms with Crippen LogP contribution >= 0.6 is 21.6 Å². The quantitative estimate of drug-likeness (QED) is 0.337. The lowest BCUT2D eigenvalue weighted by atomic mass is 10.4. The molecule has 12 heteroatoms. The number of rotatable bonds is 9. The van der Waals surface area contributed by atoms with E-state index in [0.717, 1.165) is 5.06 Å². The van der Waals surface area contributed by atoms with Crippen LogP contribution in [-0.4, -0.2) is 57.1 Å². The fraction of sp³-hybridized carbons (Fsp3) is 0.571. The first-order valence-corrected chi connectivity index (χ1v) is 10.3. The molecule has 0 unspecified atom stereocenters. The van der Waals surface area contributed by atoms with Gasteiger partial charge in [0.1, 0.15) is 5.84 Å². The van der Waals surface area contributed by atoms with Crippen LogP contribution in [0, 0.1) is 5.41 Å². The third-order valence-corrected chi connectivity index (χ3v) is 5.71. The van der Waals surface area contributed by atoms with Crippen molar-refractivity contribution in [2.75, 3.05) is 11.5 Å². The number of hydroxylamine groups is 4. The van der Waals surface area contributed by atoms with Gasteiger partial charge in [0.05, 0.1) is 12.8 Å². The summed E-state index contributed by atoms with van der Waals surface area (Å²) in [6.45, 7) is 0. The van der Waals surface area contributed by atoms with E-state index >= 15 is 0 Å². The average Bonchev–Trinajstić information content (AvgIpc) is 3.08. The number of amides is 3. The molecule has 0 bridgehead atoms. The maximum absolute atomic E-state index is 11.6. The molecule has 2 aliphatic rings. The Morgan fingerprint density at radius 3 is 1.69 bits per heavy atom. The molecular weight excluding hydrogens is 386 g/mol. The molecule has 1 N–H and O–H groups in total. The zero-order valence-electron chi connectivity index (χ0n) is 13.7. The highest BCUT2D eigenvalue weighted by Crippen LogP contribution is 2.24. The van der Waals surface area contributed by atoms with Gasteiger partial charge in [-0.15, -0.1) is 10.1 Å². The van der Waals surface area contributed by atoms with E-state index in [4.69, 9.17) is 15.1 Å². The predicted octanol–water partition coefficient (Wildman–Crippen LogP) is 0.813. The van der Waals surface area contributed by atoms with Gasteiger partial charge >= 0.3 is 11.9 Å². The molecule has 0 aromatic carbocycles. The van der Waals surface area contributed by atoms with Gasteiger partial charge in [-0.05, 0) is 0 Å². The summed E-state index contributed by atoms with van der Waals surface area (Å²) in [5.74, 6) is -1.98. The number of carbonyl (C=O) groups excluding carboxylic acids is 5. The molecule has 0 atom stereocenters. The molecule has 3 amide bonds. The Morgan fingerprint density at radius 2 is 1.23 bits per heavy atom. The van der Waals surface area contributed by atoms with Crippen LogP contribution in [0.1, 0.15) is 38.5 Å². The van der Waals surface area contributed by atoms with Crippen molar-refractivity contribution in [2.45, 2.75) is 38.5 Å². The van der Waals surface area contributed by atoms with Crippen molar-refractivity contribution in [3.63, 3.8) is 0 Å². The Balaban J connectivity index is 1.52. The van der Waals surface area contributed by atoms with Crippen molar-refractivity contribution in [1.82, 2.24) is 10.1 Å². The molecule has 0 aromatic rings. The van der Waals surface area contributed by atoms with Crippen molar-refractivity contribution in [2.24, 2.45) is 0 Å². The minimum atomic E-state index is -0.674. The predicted molar refractivity (Wildman–Crippen MR) is 91.2 cm³/mol. The Bertz CT molecular complexity index is 554. The van der Waals surface area contributed by atoms with Crippen molar-refractivity contribution in [1.29, 1.82) is 5.41 Å². The number of imide groups is 1. The molecule has 0 aromatic heterocycles. The second-order valence-corrected chi connectivity index (χ2v) is 7.99. The van der Waals surface area contributed by atoms with E-state index in [1.54, 1.807) is 0 Å². The normalized spacial score (nSPS) is 17.2. The van der Waals surface area contributed by atoms with Crippen molar-refractivity contribution >= 4 is 57.1 Å². The lowest BCUT2D eigenvalue weighted by Gasteiger charge is -2.14. The zero-order chi connectivity index (χ0) is 19.1. The molecule has 2 heterocycles. The van der Waals surface area contributed by atoms with E-state index < -0.39 is 29.7 Å². The Morgan fingerprint density at radius 1 is 0.808 bits per heavy atom. The standard InChI is InChI=1S/C14H17N3O7S2/c15-9-1-2-10(18)16(9)23-13(21)5-7-25-26-8-6-14(22)24-17-11(19)3-4-12(17)20/h15H,1-8H2. The van der Waals surface area contributed by atoms with E-state index in [-0.39, 0.29) is 44.4 Å². The first-order chi connectivity index (χ1) is 12.4. The van der Waals surface area contributed by atoms with E-state index in [0.29, 0.717) is 16.6 Å². The van der Waals surface area contributed by atoms with Gasteiger partial charge in [-0.2, -0.15) is 0 Å². The van der Waals surface area contributed by atoms with Gasteiger partial charge in [-0.1, -0.05) is 21.6 Å². The molecule has 142 valence electrons. The summed E-state index contributed by atoms with van der Waals surface area (Å²) in [6, 6.07) is 0. The molecule has 0 aliphatic carbocycles. The van der Waals surface area contributed by atoms with Gasteiger partial charge in [-0.3, -0.25) is 19.8 Å². The third kappa shape index (κ3) is 5.73. The molecular formula is C14H17N3O7S2. The lowest BCUT2D eigenvalue weighted by molar-refractivity contribution is -0.197. The van der Waals surface area contributed by atoms with Gasteiger partial charge in [0, 0.05) is 37.2 Å². The number of hydrogen-bond donors (Lipinski definition) is 1. The molecule has 2 fully saturated rings. The summed E-state index contributed by atoms with van der Waals surface area (Å²) in [4.78, 5) is 66.7. The van der Waals surface area contributed by atoms with Crippen LogP contribution in [0.5, 0.6) is 0 Å². The first kappa shape index (κ1) is 20.2. The summed E-state index contributed by atoms with van der Waals surface area (Å²) < 4.78 is 0. The van der Waals surface area contributed by atoms with E-state index in [1.165, 1.54) is 21.6 Å². The molecule has 0 radical (unpaired) electrons. The zero-order valence-corrected chi connectivity index (χ0v) is 15.4. The smallest absolute Gasteiger partial charge is 0.332 e. The molecule has 10 nitrogen and oxygen atoms in total.